The van der Waals surface area contributed by atoms with Gasteiger partial charge in [-0.2, -0.15) is 0 Å². The highest BCUT2D eigenvalue weighted by Crippen LogP contribution is 2.24. The van der Waals surface area contributed by atoms with Gasteiger partial charge in [0.2, 0.25) is 0 Å². The fourth-order valence-corrected chi connectivity index (χ4v) is 2.15. The number of imidazole rings is 1. The van der Waals surface area contributed by atoms with E-state index >= 15 is 0 Å². The highest BCUT2D eigenvalue weighted by molar-refractivity contribution is 6.31. The largest absolute Gasteiger partial charge is 0.465 e. The molecule has 0 fully saturated rings. The molecule has 2 rings (SSSR count). The van der Waals surface area contributed by atoms with Crippen LogP contribution < -0.4 is 0 Å². The Morgan fingerprint density at radius 2 is 2.26 bits per heavy atom. The monoisotopic (exact) mass is 304 g/mol. The Balaban J connectivity index is 2.50. The number of rotatable bonds is 4. The molecule has 0 aliphatic carbocycles. The molecule has 1 aromatic heterocycles. The number of ether oxygens (including phenoxy) is 1. The molecule has 4 nitrogen and oxygen atoms in total. The van der Waals surface area contributed by atoms with Crippen molar-refractivity contribution >= 4 is 40.2 Å². The van der Waals surface area contributed by atoms with Gasteiger partial charge in [0.15, 0.2) is 0 Å². The molecule has 0 aliphatic heterocycles. The first-order chi connectivity index (χ1) is 9.06. The number of carbonyl (C=O) groups is 1. The third kappa shape index (κ3) is 2.82. The van der Waals surface area contributed by atoms with Crippen LogP contribution in [-0.2, 0) is 22.0 Å². The summed E-state index contributed by atoms with van der Waals surface area (Å²) in [7, 11) is 0. The molecule has 0 bridgehead atoms. The van der Waals surface area contributed by atoms with Crippen LogP contribution in [0.5, 0.6) is 0 Å². The van der Waals surface area contributed by atoms with Crippen LogP contribution in [0.2, 0.25) is 5.02 Å². The number of alkyl halides is 1. The van der Waals surface area contributed by atoms with Crippen molar-refractivity contribution in [3.8, 4) is 0 Å². The normalized spacial score (nSPS) is 10.9. The zero-order valence-corrected chi connectivity index (χ0v) is 11.6. The van der Waals surface area contributed by atoms with Gasteiger partial charge in [0.05, 0.1) is 28.5 Å². The number of benzene rings is 1. The zero-order chi connectivity index (χ0) is 14.0. The minimum atomic E-state index is -0.569. The third-order valence-electron chi connectivity index (χ3n) is 2.58. The van der Waals surface area contributed by atoms with Gasteiger partial charge >= 0.3 is 5.97 Å². The van der Waals surface area contributed by atoms with Crippen molar-refractivity contribution in [2.75, 3.05) is 6.61 Å². The van der Waals surface area contributed by atoms with Gasteiger partial charge in [-0.05, 0) is 13.0 Å². The molecule has 0 saturated heterocycles. The zero-order valence-electron chi connectivity index (χ0n) is 10.1. The molecule has 0 radical (unpaired) electrons. The molecule has 1 aromatic carbocycles. The molecule has 0 amide bonds. The first kappa shape index (κ1) is 14.1. The van der Waals surface area contributed by atoms with Crippen molar-refractivity contribution in [2.24, 2.45) is 0 Å². The second-order valence-corrected chi connectivity index (χ2v) is 4.48. The van der Waals surface area contributed by atoms with Crippen molar-refractivity contribution in [1.29, 1.82) is 0 Å². The highest BCUT2D eigenvalue weighted by atomic mass is 35.5. The van der Waals surface area contributed by atoms with E-state index in [-0.39, 0.29) is 24.1 Å². The number of fused-ring (bicyclic) bond motifs is 1. The molecule has 19 heavy (non-hydrogen) atoms. The fourth-order valence-electron chi connectivity index (χ4n) is 1.78. The Labute approximate surface area is 119 Å². The van der Waals surface area contributed by atoms with Crippen molar-refractivity contribution in [3.05, 3.63) is 28.8 Å². The average Bonchev–Trinajstić information content (AvgIpc) is 2.68. The Kier molecular flexibility index (Phi) is 4.27. The van der Waals surface area contributed by atoms with Gasteiger partial charge in [-0.3, -0.25) is 4.79 Å². The maximum absolute atomic E-state index is 13.5. The number of halogens is 3. The van der Waals surface area contributed by atoms with Crippen molar-refractivity contribution in [1.82, 2.24) is 9.55 Å². The molecule has 7 heteroatoms. The first-order valence-corrected chi connectivity index (χ1v) is 6.53. The summed E-state index contributed by atoms with van der Waals surface area (Å²) in [5.74, 6) is -0.428. The smallest absolute Gasteiger partial charge is 0.326 e. The van der Waals surface area contributed by atoms with E-state index in [1.165, 1.54) is 16.7 Å². The van der Waals surface area contributed by atoms with Gasteiger partial charge in [0, 0.05) is 6.07 Å². The van der Waals surface area contributed by atoms with E-state index in [1.807, 2.05) is 0 Å². The predicted molar refractivity (Wildman–Crippen MR) is 70.9 cm³/mol. The lowest BCUT2D eigenvalue weighted by atomic mass is 10.3. The summed E-state index contributed by atoms with van der Waals surface area (Å²) in [5, 5.41) is -0.0191. The lowest BCUT2D eigenvalue weighted by molar-refractivity contribution is -0.143. The van der Waals surface area contributed by atoms with E-state index in [9.17, 15) is 9.18 Å². The second kappa shape index (κ2) is 5.75. The maximum Gasteiger partial charge on any atom is 0.326 e. The molecule has 0 aliphatic rings. The molecule has 2 aromatic rings. The molecule has 1 heterocycles. The van der Waals surface area contributed by atoms with Gasteiger partial charge < -0.3 is 9.30 Å². The van der Waals surface area contributed by atoms with E-state index in [0.717, 1.165) is 0 Å². The summed E-state index contributed by atoms with van der Waals surface area (Å²) in [4.78, 5) is 15.8. The Hall–Kier alpha value is -1.33. The van der Waals surface area contributed by atoms with Crippen molar-refractivity contribution in [3.63, 3.8) is 0 Å². The molecular weight excluding hydrogens is 294 g/mol. The van der Waals surface area contributed by atoms with Gasteiger partial charge in [0.25, 0.3) is 0 Å². The van der Waals surface area contributed by atoms with Crippen LogP contribution in [0, 0.1) is 5.82 Å². The molecule has 0 unspecified atom stereocenters. The Bertz CT molecular complexity index is 628. The second-order valence-electron chi connectivity index (χ2n) is 3.81. The third-order valence-corrected chi connectivity index (χ3v) is 3.11. The Morgan fingerprint density at radius 1 is 1.53 bits per heavy atom. The molecule has 102 valence electrons. The molecule has 0 saturated carbocycles. The van der Waals surface area contributed by atoms with E-state index in [2.05, 4.69) is 4.98 Å². The van der Waals surface area contributed by atoms with E-state index in [4.69, 9.17) is 27.9 Å². The minimum absolute atomic E-state index is 0.0191. The standard InChI is InChI=1S/C12H11Cl2FN2O2/c1-2-19-12(18)6-17-10-4-8(15)7(14)3-9(10)16-11(17)5-13/h3-4H,2,5-6H2,1H3. The number of nitrogens with zero attached hydrogens (tertiary/aromatic N) is 2. The summed E-state index contributed by atoms with van der Waals surface area (Å²) in [5.41, 5.74) is 0.956. The quantitative estimate of drug-likeness (QED) is 0.644. The van der Waals surface area contributed by atoms with Crippen LogP contribution in [0.1, 0.15) is 12.7 Å². The summed E-state index contributed by atoms with van der Waals surface area (Å²) in [6.45, 7) is 1.93. The SMILES string of the molecule is CCOC(=O)Cn1c(CCl)nc2cc(Cl)c(F)cc21. The highest BCUT2D eigenvalue weighted by Gasteiger charge is 2.15. The van der Waals surface area contributed by atoms with Crippen LogP contribution in [-0.4, -0.2) is 22.1 Å². The van der Waals surface area contributed by atoms with Gasteiger partial charge in [-0.25, -0.2) is 9.37 Å². The van der Waals surface area contributed by atoms with E-state index in [0.29, 0.717) is 16.9 Å². The van der Waals surface area contributed by atoms with Crippen molar-refractivity contribution in [2.45, 2.75) is 19.3 Å². The topological polar surface area (TPSA) is 44.1 Å². The summed E-state index contributed by atoms with van der Waals surface area (Å²) in [6, 6.07) is 2.64. The number of carbonyl (C=O) groups excluding carboxylic acids is 1. The summed E-state index contributed by atoms with van der Waals surface area (Å²) < 4.78 is 19.9. The van der Waals surface area contributed by atoms with Crippen molar-refractivity contribution < 1.29 is 13.9 Å². The number of hydrogen-bond acceptors (Lipinski definition) is 3. The molecular formula is C12H11Cl2FN2O2. The van der Waals surface area contributed by atoms with E-state index in [1.54, 1.807) is 6.92 Å². The number of esters is 1. The molecule has 0 spiro atoms. The van der Waals surface area contributed by atoms with Gasteiger partial charge in [0.1, 0.15) is 18.2 Å². The lowest BCUT2D eigenvalue weighted by Crippen LogP contribution is -2.15. The lowest BCUT2D eigenvalue weighted by Gasteiger charge is -2.07. The number of hydrogen-bond donors (Lipinski definition) is 0. The number of aromatic nitrogens is 2. The van der Waals surface area contributed by atoms with Crippen LogP contribution >= 0.6 is 23.2 Å². The molecule has 0 atom stereocenters. The minimum Gasteiger partial charge on any atom is -0.465 e. The first-order valence-electron chi connectivity index (χ1n) is 5.62. The van der Waals surface area contributed by atoms with Crippen LogP contribution in [0.4, 0.5) is 4.39 Å². The Morgan fingerprint density at radius 3 is 2.89 bits per heavy atom. The van der Waals surface area contributed by atoms with Gasteiger partial charge in [-0.1, -0.05) is 11.6 Å². The predicted octanol–water partition coefficient (Wildman–Crippen LogP) is 3.13. The van der Waals surface area contributed by atoms with Crippen LogP contribution in [0.25, 0.3) is 11.0 Å². The van der Waals surface area contributed by atoms with Crippen LogP contribution in [0.15, 0.2) is 12.1 Å². The summed E-state index contributed by atoms with van der Waals surface area (Å²) >= 11 is 11.5. The van der Waals surface area contributed by atoms with Crippen LogP contribution in [0.3, 0.4) is 0 Å². The van der Waals surface area contributed by atoms with Gasteiger partial charge in [-0.15, -0.1) is 11.6 Å². The van der Waals surface area contributed by atoms with E-state index < -0.39 is 11.8 Å². The maximum atomic E-state index is 13.5. The summed E-state index contributed by atoms with van der Waals surface area (Å²) in [6.07, 6.45) is 0. The fraction of sp³-hybridized carbons (Fsp3) is 0.333. The molecule has 0 N–H and O–H groups in total. The average molecular weight is 305 g/mol.